The fourth-order valence-corrected chi connectivity index (χ4v) is 3.03. The van der Waals surface area contributed by atoms with Crippen LogP contribution in [-0.4, -0.2) is 53.6 Å². The number of para-hydroxylation sites is 1. The Balaban J connectivity index is 1.71. The van der Waals surface area contributed by atoms with Crippen molar-refractivity contribution in [3.05, 3.63) is 63.6 Å². The molecule has 3 heterocycles. The van der Waals surface area contributed by atoms with Crippen LogP contribution in [0.25, 0.3) is 16.9 Å². The molecule has 1 aliphatic heterocycles. The van der Waals surface area contributed by atoms with Gasteiger partial charge in [0.1, 0.15) is 18.0 Å². The van der Waals surface area contributed by atoms with E-state index in [0.29, 0.717) is 0 Å². The van der Waals surface area contributed by atoms with Crippen LogP contribution in [0, 0.1) is 0 Å². The van der Waals surface area contributed by atoms with Gasteiger partial charge in [-0.2, -0.15) is 0 Å². The summed E-state index contributed by atoms with van der Waals surface area (Å²) in [5, 5.41) is 27.1. The van der Waals surface area contributed by atoms with Crippen molar-refractivity contribution in [3.63, 3.8) is 0 Å². The molecule has 0 spiro atoms. The first-order chi connectivity index (χ1) is 13.1. The van der Waals surface area contributed by atoms with Gasteiger partial charge in [0.15, 0.2) is 0 Å². The number of nitrogens with zero attached hydrogens (tertiary/aromatic N) is 4. The molecule has 3 atom stereocenters. The summed E-state index contributed by atoms with van der Waals surface area (Å²) >= 11 is 0. The Hall–Kier alpha value is -3.08. The average molecular weight is 371 g/mol. The van der Waals surface area contributed by atoms with E-state index in [0.717, 1.165) is 5.69 Å². The van der Waals surface area contributed by atoms with Crippen LogP contribution in [0.3, 0.4) is 0 Å². The third kappa shape index (κ3) is 3.21. The van der Waals surface area contributed by atoms with E-state index in [2.05, 4.69) is 15.3 Å². The molecule has 0 aliphatic carbocycles. The Morgan fingerprint density at radius 2 is 2.00 bits per heavy atom. The zero-order valence-corrected chi connectivity index (χ0v) is 14.1. The van der Waals surface area contributed by atoms with Crippen molar-refractivity contribution < 1.29 is 14.9 Å². The molecule has 0 saturated carbocycles. The van der Waals surface area contributed by atoms with Crippen LogP contribution in [-0.2, 0) is 4.74 Å². The van der Waals surface area contributed by atoms with Crippen LogP contribution in [0.5, 0.6) is 0 Å². The van der Waals surface area contributed by atoms with Gasteiger partial charge in [0.25, 0.3) is 5.56 Å². The van der Waals surface area contributed by atoms with E-state index in [1.807, 2.05) is 30.3 Å². The van der Waals surface area contributed by atoms with E-state index in [1.54, 1.807) is 6.20 Å². The number of rotatable bonds is 4. The molecular formula is C17H17N5O5. The minimum absolute atomic E-state index is 0.118. The monoisotopic (exact) mass is 371 g/mol. The second-order valence-electron chi connectivity index (χ2n) is 6.21. The number of H-pyrrole nitrogens is 1. The van der Waals surface area contributed by atoms with Crippen LogP contribution in [0.15, 0.2) is 52.3 Å². The molecule has 3 aromatic rings. The van der Waals surface area contributed by atoms with Gasteiger partial charge in [0.05, 0.1) is 30.2 Å². The summed E-state index contributed by atoms with van der Waals surface area (Å²) in [6.45, 7) is -0.367. The number of aliphatic hydroxyl groups is 2. The second-order valence-corrected chi connectivity index (χ2v) is 6.21. The fourth-order valence-electron chi connectivity index (χ4n) is 3.03. The Labute approximate surface area is 152 Å². The van der Waals surface area contributed by atoms with Gasteiger partial charge < -0.3 is 14.9 Å². The van der Waals surface area contributed by atoms with Gasteiger partial charge in [-0.05, 0) is 12.1 Å². The molecule has 140 valence electrons. The van der Waals surface area contributed by atoms with Gasteiger partial charge in [0, 0.05) is 12.6 Å². The molecule has 0 unspecified atom stereocenters. The molecule has 10 nitrogen and oxygen atoms in total. The maximum Gasteiger partial charge on any atom is 0.330 e. The Morgan fingerprint density at radius 3 is 2.70 bits per heavy atom. The zero-order valence-electron chi connectivity index (χ0n) is 14.1. The van der Waals surface area contributed by atoms with Crippen molar-refractivity contribution in [1.29, 1.82) is 0 Å². The molecule has 0 amide bonds. The Bertz CT molecular complexity index is 1060. The molecule has 4 rings (SSSR count). The predicted octanol–water partition coefficient (Wildman–Crippen LogP) is -0.575. The van der Waals surface area contributed by atoms with Crippen LogP contribution in [0.2, 0.25) is 0 Å². The number of aromatic amines is 1. The molecule has 1 aliphatic rings. The van der Waals surface area contributed by atoms with Gasteiger partial charge in [-0.15, -0.1) is 5.10 Å². The largest absolute Gasteiger partial charge is 0.394 e. The van der Waals surface area contributed by atoms with E-state index >= 15 is 0 Å². The van der Waals surface area contributed by atoms with E-state index in [4.69, 9.17) is 4.74 Å². The van der Waals surface area contributed by atoms with Crippen molar-refractivity contribution in [2.45, 2.75) is 24.9 Å². The van der Waals surface area contributed by atoms with Crippen LogP contribution >= 0.6 is 0 Å². The lowest BCUT2D eigenvalue weighted by molar-refractivity contribution is -0.0458. The van der Waals surface area contributed by atoms with Gasteiger partial charge in [0.2, 0.25) is 0 Å². The summed E-state index contributed by atoms with van der Waals surface area (Å²) in [5.41, 5.74) is -0.0777. The van der Waals surface area contributed by atoms with Crippen molar-refractivity contribution in [3.8, 4) is 16.9 Å². The van der Waals surface area contributed by atoms with Crippen LogP contribution < -0.4 is 11.2 Å². The standard InChI is InChI=1S/C17H17N5O5/c23-9-14-13(24)6-15(27-14)21-7-11(16(25)18-17(21)26)12-8-22(20-19-12)10-4-2-1-3-5-10/h1-5,7-8,13-15,23-24H,6,9H2,(H,18,25,26)/t13-,14+,15+/m0/s1. The fraction of sp³-hybridized carbons (Fsp3) is 0.294. The first-order valence-corrected chi connectivity index (χ1v) is 8.35. The number of benzene rings is 1. The van der Waals surface area contributed by atoms with E-state index in [-0.39, 0.29) is 24.3 Å². The van der Waals surface area contributed by atoms with Crippen LogP contribution in [0.1, 0.15) is 12.6 Å². The molecule has 1 aromatic carbocycles. The summed E-state index contributed by atoms with van der Waals surface area (Å²) in [5.74, 6) is 0. The number of aromatic nitrogens is 5. The summed E-state index contributed by atoms with van der Waals surface area (Å²) < 4.78 is 8.19. The first-order valence-electron chi connectivity index (χ1n) is 8.35. The smallest absolute Gasteiger partial charge is 0.330 e. The van der Waals surface area contributed by atoms with Crippen molar-refractivity contribution in [2.75, 3.05) is 6.61 Å². The maximum atomic E-state index is 12.3. The normalized spacial score (nSPS) is 22.2. The predicted molar refractivity (Wildman–Crippen MR) is 93.3 cm³/mol. The third-order valence-corrected chi connectivity index (χ3v) is 4.45. The minimum Gasteiger partial charge on any atom is -0.394 e. The number of hydrogen-bond donors (Lipinski definition) is 3. The lowest BCUT2D eigenvalue weighted by Crippen LogP contribution is -2.33. The van der Waals surface area contributed by atoms with Gasteiger partial charge in [-0.25, -0.2) is 9.48 Å². The third-order valence-electron chi connectivity index (χ3n) is 4.45. The highest BCUT2D eigenvalue weighted by Crippen LogP contribution is 2.27. The topological polar surface area (TPSA) is 135 Å². The van der Waals surface area contributed by atoms with Gasteiger partial charge >= 0.3 is 5.69 Å². The first kappa shape index (κ1) is 17.3. The van der Waals surface area contributed by atoms with Crippen molar-refractivity contribution in [1.82, 2.24) is 24.5 Å². The minimum atomic E-state index is -0.902. The number of aliphatic hydroxyl groups excluding tert-OH is 2. The van der Waals surface area contributed by atoms with Gasteiger partial charge in [-0.1, -0.05) is 23.4 Å². The SMILES string of the molecule is O=c1[nH]c(=O)n([C@H]2C[C@H](O)[C@@H](CO)O2)cc1-c1cn(-c2ccccc2)nn1. The summed E-state index contributed by atoms with van der Waals surface area (Å²) in [6.07, 6.45) is 0.544. The molecule has 1 saturated heterocycles. The van der Waals surface area contributed by atoms with Crippen molar-refractivity contribution in [2.24, 2.45) is 0 Å². The highest BCUT2D eigenvalue weighted by Gasteiger charge is 2.35. The summed E-state index contributed by atoms with van der Waals surface area (Å²) in [6, 6.07) is 9.25. The van der Waals surface area contributed by atoms with Crippen LogP contribution in [0.4, 0.5) is 0 Å². The quantitative estimate of drug-likeness (QED) is 0.558. The highest BCUT2D eigenvalue weighted by molar-refractivity contribution is 5.55. The number of ether oxygens (including phenoxy) is 1. The zero-order chi connectivity index (χ0) is 19.0. The summed E-state index contributed by atoms with van der Waals surface area (Å²) in [4.78, 5) is 26.7. The molecular weight excluding hydrogens is 354 g/mol. The Morgan fingerprint density at radius 1 is 1.22 bits per heavy atom. The van der Waals surface area contributed by atoms with E-state index < -0.39 is 29.7 Å². The number of nitrogens with one attached hydrogen (secondary N) is 1. The molecule has 2 aromatic heterocycles. The average Bonchev–Trinajstić information content (AvgIpc) is 3.29. The second kappa shape index (κ2) is 6.91. The maximum absolute atomic E-state index is 12.3. The van der Waals surface area contributed by atoms with E-state index in [1.165, 1.54) is 15.4 Å². The molecule has 0 bridgehead atoms. The summed E-state index contributed by atoms with van der Waals surface area (Å²) in [7, 11) is 0. The van der Waals surface area contributed by atoms with E-state index in [9.17, 15) is 19.8 Å². The molecule has 27 heavy (non-hydrogen) atoms. The van der Waals surface area contributed by atoms with Gasteiger partial charge in [-0.3, -0.25) is 14.3 Å². The molecule has 0 radical (unpaired) electrons. The highest BCUT2D eigenvalue weighted by atomic mass is 16.5. The molecule has 3 N–H and O–H groups in total. The molecule has 10 heteroatoms. The number of hydrogen-bond acceptors (Lipinski definition) is 7. The molecule has 1 fully saturated rings. The Kier molecular flexibility index (Phi) is 4.44. The van der Waals surface area contributed by atoms with Crippen molar-refractivity contribution >= 4 is 0 Å². The lowest BCUT2D eigenvalue weighted by atomic mass is 10.2. The lowest BCUT2D eigenvalue weighted by Gasteiger charge is -2.14.